The number of nitrogens with one attached hydrogen (secondary N) is 1. The molecule has 1 N–H and O–H groups in total. The second-order valence-corrected chi connectivity index (χ2v) is 9.24. The van der Waals surface area contributed by atoms with Crippen LogP contribution in [0.3, 0.4) is 0 Å². The molecule has 3 rings (SSSR count). The van der Waals surface area contributed by atoms with Crippen molar-refractivity contribution in [3.05, 3.63) is 66.2 Å². The Labute approximate surface area is 190 Å². The monoisotopic (exact) mass is 438 g/mol. The van der Waals surface area contributed by atoms with Crippen molar-refractivity contribution in [2.24, 2.45) is 0 Å². The average Bonchev–Trinajstić information content (AvgIpc) is 2.82. The van der Waals surface area contributed by atoms with Crippen LogP contribution in [0.2, 0.25) is 0 Å². The molecule has 0 spiro atoms. The first-order chi connectivity index (χ1) is 15.2. The van der Waals surface area contributed by atoms with Gasteiger partial charge in [-0.3, -0.25) is 9.59 Å². The SMILES string of the molecule is CC[C@@H](C(=O)NC1CCCCC1)N(CCc1ccccc1)C(=O)CSc1ccccc1. The van der Waals surface area contributed by atoms with E-state index < -0.39 is 6.04 Å². The summed E-state index contributed by atoms with van der Waals surface area (Å²) in [6, 6.07) is 20.0. The molecule has 0 aliphatic heterocycles. The number of amides is 2. The molecule has 166 valence electrons. The Balaban J connectivity index is 1.68. The first kappa shape index (κ1) is 23.4. The Morgan fingerprint density at radius 3 is 2.29 bits per heavy atom. The third kappa shape index (κ3) is 7.42. The van der Waals surface area contributed by atoms with Crippen LogP contribution in [0.5, 0.6) is 0 Å². The van der Waals surface area contributed by atoms with Crippen LogP contribution in [0.25, 0.3) is 0 Å². The van der Waals surface area contributed by atoms with E-state index in [0.717, 1.165) is 24.2 Å². The Bertz CT molecular complexity index is 807. The van der Waals surface area contributed by atoms with Gasteiger partial charge in [0.15, 0.2) is 0 Å². The summed E-state index contributed by atoms with van der Waals surface area (Å²) >= 11 is 1.53. The van der Waals surface area contributed by atoms with Crippen molar-refractivity contribution in [2.45, 2.75) is 68.8 Å². The molecule has 1 aliphatic rings. The summed E-state index contributed by atoms with van der Waals surface area (Å²) < 4.78 is 0. The van der Waals surface area contributed by atoms with Gasteiger partial charge in [-0.25, -0.2) is 0 Å². The summed E-state index contributed by atoms with van der Waals surface area (Å²) in [7, 11) is 0. The maximum absolute atomic E-state index is 13.3. The number of thioether (sulfide) groups is 1. The lowest BCUT2D eigenvalue weighted by Gasteiger charge is -2.32. The minimum absolute atomic E-state index is 0.000484. The van der Waals surface area contributed by atoms with Crippen molar-refractivity contribution in [3.63, 3.8) is 0 Å². The fourth-order valence-electron chi connectivity index (χ4n) is 4.18. The summed E-state index contributed by atoms with van der Waals surface area (Å²) in [6.07, 6.45) is 7.05. The zero-order valence-corrected chi connectivity index (χ0v) is 19.3. The van der Waals surface area contributed by atoms with E-state index in [-0.39, 0.29) is 17.9 Å². The lowest BCUT2D eigenvalue weighted by molar-refractivity contribution is -0.139. The molecule has 0 bridgehead atoms. The van der Waals surface area contributed by atoms with Gasteiger partial charge in [0.2, 0.25) is 11.8 Å². The zero-order chi connectivity index (χ0) is 21.9. The van der Waals surface area contributed by atoms with Gasteiger partial charge < -0.3 is 10.2 Å². The van der Waals surface area contributed by atoms with Crippen molar-refractivity contribution in [1.82, 2.24) is 10.2 Å². The second-order valence-electron chi connectivity index (χ2n) is 8.19. The number of benzene rings is 2. The summed E-state index contributed by atoms with van der Waals surface area (Å²) in [5.74, 6) is 0.363. The Morgan fingerprint density at radius 1 is 1.00 bits per heavy atom. The molecule has 0 aromatic heterocycles. The minimum atomic E-state index is -0.422. The lowest BCUT2D eigenvalue weighted by Crippen LogP contribution is -2.52. The number of carbonyl (C=O) groups excluding carboxylic acids is 2. The van der Waals surface area contributed by atoms with E-state index in [0.29, 0.717) is 18.7 Å². The van der Waals surface area contributed by atoms with Crippen molar-refractivity contribution < 1.29 is 9.59 Å². The van der Waals surface area contributed by atoms with Gasteiger partial charge in [-0.15, -0.1) is 11.8 Å². The van der Waals surface area contributed by atoms with E-state index in [1.165, 1.54) is 36.6 Å². The van der Waals surface area contributed by atoms with Crippen molar-refractivity contribution in [3.8, 4) is 0 Å². The molecule has 5 heteroatoms. The van der Waals surface area contributed by atoms with Crippen LogP contribution < -0.4 is 5.32 Å². The van der Waals surface area contributed by atoms with E-state index >= 15 is 0 Å². The number of rotatable bonds is 10. The zero-order valence-electron chi connectivity index (χ0n) is 18.5. The molecule has 1 atom stereocenters. The van der Waals surface area contributed by atoms with Gasteiger partial charge in [-0.1, -0.05) is 74.7 Å². The van der Waals surface area contributed by atoms with Gasteiger partial charge in [0.05, 0.1) is 5.75 Å². The van der Waals surface area contributed by atoms with Crippen molar-refractivity contribution >= 4 is 23.6 Å². The Kier molecular flexibility index (Phi) is 9.47. The third-order valence-electron chi connectivity index (χ3n) is 5.93. The molecule has 2 aromatic rings. The van der Waals surface area contributed by atoms with E-state index in [1.807, 2.05) is 55.5 Å². The third-order valence-corrected chi connectivity index (χ3v) is 6.92. The summed E-state index contributed by atoms with van der Waals surface area (Å²) in [5, 5.41) is 3.24. The molecule has 0 unspecified atom stereocenters. The van der Waals surface area contributed by atoms with Crippen LogP contribution in [0.1, 0.15) is 51.0 Å². The number of carbonyl (C=O) groups is 2. The molecule has 0 heterocycles. The van der Waals surface area contributed by atoms with Gasteiger partial charge >= 0.3 is 0 Å². The molecular formula is C26H34N2O2S. The number of hydrogen-bond acceptors (Lipinski definition) is 3. The average molecular weight is 439 g/mol. The molecule has 31 heavy (non-hydrogen) atoms. The first-order valence-corrected chi connectivity index (χ1v) is 12.5. The van der Waals surface area contributed by atoms with Gasteiger partial charge in [0.25, 0.3) is 0 Å². The van der Waals surface area contributed by atoms with Crippen LogP contribution in [-0.2, 0) is 16.0 Å². The van der Waals surface area contributed by atoms with Crippen LogP contribution in [-0.4, -0.2) is 41.1 Å². The minimum Gasteiger partial charge on any atom is -0.352 e. The maximum Gasteiger partial charge on any atom is 0.243 e. The van der Waals surface area contributed by atoms with Crippen molar-refractivity contribution in [2.75, 3.05) is 12.3 Å². The van der Waals surface area contributed by atoms with Gasteiger partial charge in [0, 0.05) is 17.5 Å². The largest absolute Gasteiger partial charge is 0.352 e. The standard InChI is InChI=1S/C26H34N2O2S/c1-2-24(26(30)27-22-14-8-4-9-15-22)28(19-18-21-12-6-3-7-13-21)25(29)20-31-23-16-10-5-11-17-23/h3,5-7,10-13,16-17,22,24H,2,4,8-9,14-15,18-20H2,1H3,(H,27,30)/t24-/m0/s1. The Hall–Kier alpha value is -2.27. The van der Waals surface area contributed by atoms with Gasteiger partial charge in [-0.05, 0) is 43.4 Å². The van der Waals surface area contributed by atoms with E-state index in [9.17, 15) is 9.59 Å². The molecule has 0 radical (unpaired) electrons. The van der Waals surface area contributed by atoms with Gasteiger partial charge in [-0.2, -0.15) is 0 Å². The Morgan fingerprint density at radius 2 is 1.65 bits per heavy atom. The lowest BCUT2D eigenvalue weighted by atomic mass is 9.95. The van der Waals surface area contributed by atoms with E-state index in [4.69, 9.17) is 0 Å². The topological polar surface area (TPSA) is 49.4 Å². The van der Waals surface area contributed by atoms with Gasteiger partial charge in [0.1, 0.15) is 6.04 Å². The fourth-order valence-corrected chi connectivity index (χ4v) is 4.99. The normalized spacial score (nSPS) is 15.3. The molecule has 1 saturated carbocycles. The predicted octanol–water partition coefficient (Wildman–Crippen LogP) is 5.08. The van der Waals surface area contributed by atoms with Crippen LogP contribution in [0, 0.1) is 0 Å². The molecule has 1 fully saturated rings. The second kappa shape index (κ2) is 12.6. The maximum atomic E-state index is 13.3. The highest BCUT2D eigenvalue weighted by Gasteiger charge is 2.29. The highest BCUT2D eigenvalue weighted by Crippen LogP contribution is 2.21. The summed E-state index contributed by atoms with van der Waals surface area (Å²) in [6.45, 7) is 2.55. The highest BCUT2D eigenvalue weighted by molar-refractivity contribution is 8.00. The van der Waals surface area contributed by atoms with Crippen LogP contribution in [0.4, 0.5) is 0 Å². The first-order valence-electron chi connectivity index (χ1n) is 11.5. The highest BCUT2D eigenvalue weighted by atomic mass is 32.2. The smallest absolute Gasteiger partial charge is 0.243 e. The predicted molar refractivity (Wildman–Crippen MR) is 128 cm³/mol. The van der Waals surface area contributed by atoms with E-state index in [1.54, 1.807) is 4.90 Å². The fraction of sp³-hybridized carbons (Fsp3) is 0.462. The molecule has 0 saturated heterocycles. The van der Waals surface area contributed by atoms with Crippen LogP contribution >= 0.6 is 11.8 Å². The quantitative estimate of drug-likeness (QED) is 0.527. The van der Waals surface area contributed by atoms with E-state index in [2.05, 4.69) is 17.4 Å². The molecule has 1 aliphatic carbocycles. The molecular weight excluding hydrogens is 404 g/mol. The molecule has 4 nitrogen and oxygen atoms in total. The number of hydrogen-bond donors (Lipinski definition) is 1. The molecule has 2 amide bonds. The van der Waals surface area contributed by atoms with Crippen LogP contribution in [0.15, 0.2) is 65.6 Å². The summed E-state index contributed by atoms with van der Waals surface area (Å²) in [5.41, 5.74) is 1.18. The summed E-state index contributed by atoms with van der Waals surface area (Å²) in [4.78, 5) is 29.3. The number of nitrogens with zero attached hydrogens (tertiary/aromatic N) is 1. The van der Waals surface area contributed by atoms with Crippen molar-refractivity contribution in [1.29, 1.82) is 0 Å². The molecule has 2 aromatic carbocycles.